The maximum atomic E-state index is 12.1. The van der Waals surface area contributed by atoms with E-state index in [0.717, 1.165) is 18.5 Å². The topological polar surface area (TPSA) is 49.8 Å². The molecule has 0 aromatic heterocycles. The number of hydrogen-bond acceptors (Lipinski definition) is 3. The monoisotopic (exact) mass is 261 g/mol. The van der Waals surface area contributed by atoms with Gasteiger partial charge in [-0.1, -0.05) is 18.2 Å². The van der Waals surface area contributed by atoms with Crippen LogP contribution in [0, 0.1) is 0 Å². The molecule has 1 aromatic rings. The number of phenolic OH excluding ortho intramolecular Hbond substituents is 1. The number of nitrogens with zero attached hydrogens (tertiary/aromatic N) is 1. The van der Waals surface area contributed by atoms with E-state index in [1.165, 1.54) is 0 Å². The molecule has 1 atom stereocenters. The van der Waals surface area contributed by atoms with Crippen LogP contribution in [0.3, 0.4) is 0 Å². The zero-order valence-corrected chi connectivity index (χ0v) is 10.9. The SMILES string of the molecule is C=CCOC1CCN(C(=O)Cc2cccc(O)c2)C1. The van der Waals surface area contributed by atoms with Gasteiger partial charge in [0.1, 0.15) is 5.75 Å². The minimum Gasteiger partial charge on any atom is -0.508 e. The van der Waals surface area contributed by atoms with Crippen LogP contribution in [0.2, 0.25) is 0 Å². The van der Waals surface area contributed by atoms with Crippen molar-refractivity contribution in [2.45, 2.75) is 18.9 Å². The number of aromatic hydroxyl groups is 1. The molecular weight excluding hydrogens is 242 g/mol. The van der Waals surface area contributed by atoms with E-state index in [4.69, 9.17) is 4.74 Å². The molecule has 1 amide bonds. The van der Waals surface area contributed by atoms with E-state index in [1.807, 2.05) is 11.0 Å². The average molecular weight is 261 g/mol. The fourth-order valence-electron chi connectivity index (χ4n) is 2.25. The number of likely N-dealkylation sites (tertiary alicyclic amines) is 1. The van der Waals surface area contributed by atoms with Crippen molar-refractivity contribution in [3.05, 3.63) is 42.5 Å². The van der Waals surface area contributed by atoms with Crippen LogP contribution < -0.4 is 0 Å². The molecule has 1 N–H and O–H groups in total. The van der Waals surface area contributed by atoms with Crippen molar-refractivity contribution in [2.24, 2.45) is 0 Å². The van der Waals surface area contributed by atoms with Crippen LogP contribution in [-0.4, -0.2) is 41.7 Å². The maximum absolute atomic E-state index is 12.1. The van der Waals surface area contributed by atoms with Crippen molar-refractivity contribution in [1.82, 2.24) is 4.90 Å². The maximum Gasteiger partial charge on any atom is 0.227 e. The summed E-state index contributed by atoms with van der Waals surface area (Å²) in [7, 11) is 0. The highest BCUT2D eigenvalue weighted by Gasteiger charge is 2.26. The van der Waals surface area contributed by atoms with Gasteiger partial charge in [0.25, 0.3) is 0 Å². The molecule has 4 nitrogen and oxygen atoms in total. The standard InChI is InChI=1S/C15H19NO3/c1-2-8-19-14-6-7-16(11-14)15(18)10-12-4-3-5-13(17)9-12/h2-5,9,14,17H,1,6-8,10-11H2. The van der Waals surface area contributed by atoms with Crippen molar-refractivity contribution in [3.63, 3.8) is 0 Å². The summed E-state index contributed by atoms with van der Waals surface area (Å²) in [6, 6.07) is 6.82. The molecule has 1 unspecified atom stereocenters. The second kappa shape index (κ2) is 6.38. The zero-order valence-electron chi connectivity index (χ0n) is 10.9. The smallest absolute Gasteiger partial charge is 0.227 e. The Morgan fingerprint density at radius 1 is 1.58 bits per heavy atom. The minimum atomic E-state index is 0.0790. The Kier molecular flexibility index (Phi) is 4.58. The van der Waals surface area contributed by atoms with Crippen molar-refractivity contribution in [2.75, 3.05) is 19.7 Å². The highest BCUT2D eigenvalue weighted by Crippen LogP contribution is 2.16. The number of ether oxygens (including phenoxy) is 1. The summed E-state index contributed by atoms with van der Waals surface area (Å²) in [5, 5.41) is 9.38. The van der Waals surface area contributed by atoms with Crippen molar-refractivity contribution in [1.29, 1.82) is 0 Å². The first-order valence-corrected chi connectivity index (χ1v) is 6.47. The molecule has 102 valence electrons. The van der Waals surface area contributed by atoms with Gasteiger partial charge in [-0.25, -0.2) is 0 Å². The molecule has 0 radical (unpaired) electrons. The average Bonchev–Trinajstić information content (AvgIpc) is 2.85. The third kappa shape index (κ3) is 3.83. The van der Waals surface area contributed by atoms with Crippen LogP contribution in [0.5, 0.6) is 5.75 Å². The van der Waals surface area contributed by atoms with Crippen LogP contribution in [0.15, 0.2) is 36.9 Å². The van der Waals surface area contributed by atoms with Gasteiger partial charge in [-0.15, -0.1) is 6.58 Å². The first-order chi connectivity index (χ1) is 9.19. The van der Waals surface area contributed by atoms with Gasteiger partial charge in [0.15, 0.2) is 0 Å². The molecule has 1 aliphatic rings. The number of amides is 1. The van der Waals surface area contributed by atoms with E-state index in [0.29, 0.717) is 19.6 Å². The van der Waals surface area contributed by atoms with Gasteiger partial charge in [0, 0.05) is 13.1 Å². The van der Waals surface area contributed by atoms with E-state index < -0.39 is 0 Å². The van der Waals surface area contributed by atoms with Crippen molar-refractivity contribution in [3.8, 4) is 5.75 Å². The molecule has 2 rings (SSSR count). The fraction of sp³-hybridized carbons (Fsp3) is 0.400. The second-order valence-corrected chi connectivity index (χ2v) is 4.72. The third-order valence-electron chi connectivity index (χ3n) is 3.21. The highest BCUT2D eigenvalue weighted by molar-refractivity contribution is 5.79. The van der Waals surface area contributed by atoms with E-state index in [9.17, 15) is 9.90 Å². The molecule has 4 heteroatoms. The normalized spacial score (nSPS) is 18.5. The lowest BCUT2D eigenvalue weighted by molar-refractivity contribution is -0.129. The number of benzene rings is 1. The number of carbonyl (C=O) groups excluding carboxylic acids is 1. The lowest BCUT2D eigenvalue weighted by Crippen LogP contribution is -2.31. The van der Waals surface area contributed by atoms with E-state index >= 15 is 0 Å². The third-order valence-corrected chi connectivity index (χ3v) is 3.21. The van der Waals surface area contributed by atoms with Gasteiger partial charge in [-0.2, -0.15) is 0 Å². The largest absolute Gasteiger partial charge is 0.508 e. The first-order valence-electron chi connectivity index (χ1n) is 6.47. The summed E-state index contributed by atoms with van der Waals surface area (Å²) in [4.78, 5) is 13.9. The van der Waals surface area contributed by atoms with E-state index in [2.05, 4.69) is 6.58 Å². The first kappa shape index (κ1) is 13.6. The number of carbonyl (C=O) groups is 1. The van der Waals surface area contributed by atoms with Crippen LogP contribution in [0.4, 0.5) is 0 Å². The van der Waals surface area contributed by atoms with Crippen LogP contribution >= 0.6 is 0 Å². The number of rotatable bonds is 5. The molecule has 0 saturated carbocycles. The number of phenols is 1. The Balaban J connectivity index is 1.86. The number of hydrogen-bond donors (Lipinski definition) is 1. The summed E-state index contributed by atoms with van der Waals surface area (Å²) in [6.45, 7) is 5.52. The van der Waals surface area contributed by atoms with Gasteiger partial charge in [-0.3, -0.25) is 4.79 Å². The molecule has 19 heavy (non-hydrogen) atoms. The molecule has 0 spiro atoms. The molecular formula is C15H19NO3. The van der Waals surface area contributed by atoms with E-state index in [-0.39, 0.29) is 17.8 Å². The van der Waals surface area contributed by atoms with Gasteiger partial charge in [0.05, 0.1) is 19.1 Å². The van der Waals surface area contributed by atoms with Crippen LogP contribution in [0.1, 0.15) is 12.0 Å². The molecule has 1 fully saturated rings. The molecule has 0 bridgehead atoms. The van der Waals surface area contributed by atoms with Gasteiger partial charge in [0.2, 0.25) is 5.91 Å². The lowest BCUT2D eigenvalue weighted by Gasteiger charge is -2.16. The Morgan fingerprint density at radius 3 is 3.16 bits per heavy atom. The molecule has 1 heterocycles. The Labute approximate surface area is 113 Å². The van der Waals surface area contributed by atoms with Crippen molar-refractivity contribution >= 4 is 5.91 Å². The minimum absolute atomic E-state index is 0.0790. The van der Waals surface area contributed by atoms with Crippen LogP contribution in [-0.2, 0) is 16.0 Å². The van der Waals surface area contributed by atoms with Gasteiger partial charge < -0.3 is 14.7 Å². The summed E-state index contributed by atoms with van der Waals surface area (Å²) in [5.41, 5.74) is 0.834. The fourth-order valence-corrected chi connectivity index (χ4v) is 2.25. The summed E-state index contributed by atoms with van der Waals surface area (Å²) < 4.78 is 5.55. The quantitative estimate of drug-likeness (QED) is 0.821. The second-order valence-electron chi connectivity index (χ2n) is 4.72. The molecule has 1 saturated heterocycles. The van der Waals surface area contributed by atoms with Crippen LogP contribution in [0.25, 0.3) is 0 Å². The summed E-state index contributed by atoms with van der Waals surface area (Å²) >= 11 is 0. The molecule has 1 aliphatic heterocycles. The summed E-state index contributed by atoms with van der Waals surface area (Å²) in [6.07, 6.45) is 3.03. The van der Waals surface area contributed by atoms with E-state index in [1.54, 1.807) is 24.3 Å². The van der Waals surface area contributed by atoms with Gasteiger partial charge >= 0.3 is 0 Å². The Bertz CT molecular complexity index is 458. The molecule has 1 aromatic carbocycles. The van der Waals surface area contributed by atoms with Gasteiger partial charge in [-0.05, 0) is 24.1 Å². The zero-order chi connectivity index (χ0) is 13.7. The highest BCUT2D eigenvalue weighted by atomic mass is 16.5. The molecule has 0 aliphatic carbocycles. The summed E-state index contributed by atoms with van der Waals surface area (Å²) in [5.74, 6) is 0.272. The van der Waals surface area contributed by atoms with Crippen molar-refractivity contribution < 1.29 is 14.6 Å². The Hall–Kier alpha value is -1.81. The lowest BCUT2D eigenvalue weighted by atomic mass is 10.1. The predicted molar refractivity (Wildman–Crippen MR) is 72.9 cm³/mol. The Morgan fingerprint density at radius 2 is 2.42 bits per heavy atom. The predicted octanol–water partition coefficient (Wildman–Crippen LogP) is 1.74.